The highest BCUT2D eigenvalue weighted by Crippen LogP contribution is 2.25. The summed E-state index contributed by atoms with van der Waals surface area (Å²) in [5, 5.41) is 6.34. The Bertz CT molecular complexity index is 1140. The molecule has 2 N–H and O–H groups in total. The van der Waals surface area contributed by atoms with Gasteiger partial charge in [-0.15, -0.1) is 0 Å². The first-order chi connectivity index (χ1) is 16.0. The van der Waals surface area contributed by atoms with E-state index >= 15 is 0 Å². The van der Waals surface area contributed by atoms with Crippen molar-refractivity contribution in [2.24, 2.45) is 0 Å². The number of ether oxygens (including phenoxy) is 2. The number of methoxy groups -OCH3 is 1. The van der Waals surface area contributed by atoms with Crippen molar-refractivity contribution < 1.29 is 19.1 Å². The molecular formula is C25H28N4O4. The van der Waals surface area contributed by atoms with Crippen LogP contribution in [0.3, 0.4) is 0 Å². The second-order valence-electron chi connectivity index (χ2n) is 7.93. The molecule has 2 aromatic carbocycles. The number of anilines is 1. The summed E-state index contributed by atoms with van der Waals surface area (Å²) >= 11 is 0. The van der Waals surface area contributed by atoms with Gasteiger partial charge in [0, 0.05) is 30.7 Å². The summed E-state index contributed by atoms with van der Waals surface area (Å²) in [6.07, 6.45) is 0. The lowest BCUT2D eigenvalue weighted by Crippen LogP contribution is -2.45. The normalized spacial score (nSPS) is 15.1. The monoisotopic (exact) mass is 448 g/mol. The van der Waals surface area contributed by atoms with E-state index < -0.39 is 11.8 Å². The summed E-state index contributed by atoms with van der Waals surface area (Å²) in [6, 6.07) is 16.9. The van der Waals surface area contributed by atoms with E-state index in [4.69, 9.17) is 9.47 Å². The van der Waals surface area contributed by atoms with Gasteiger partial charge in [-0.3, -0.25) is 19.5 Å². The van der Waals surface area contributed by atoms with Crippen molar-refractivity contribution in [2.45, 2.75) is 13.0 Å². The summed E-state index contributed by atoms with van der Waals surface area (Å²) in [5.74, 6) is -0.651. The van der Waals surface area contributed by atoms with Crippen LogP contribution in [0.2, 0.25) is 0 Å². The van der Waals surface area contributed by atoms with Gasteiger partial charge >= 0.3 is 11.8 Å². The van der Waals surface area contributed by atoms with E-state index in [9.17, 15) is 9.59 Å². The van der Waals surface area contributed by atoms with E-state index in [-0.39, 0.29) is 12.6 Å². The van der Waals surface area contributed by atoms with Crippen LogP contribution in [0.25, 0.3) is 10.9 Å². The first-order valence-electron chi connectivity index (χ1n) is 11.0. The second kappa shape index (κ2) is 10.4. The highest BCUT2D eigenvalue weighted by atomic mass is 16.5. The van der Waals surface area contributed by atoms with Crippen molar-refractivity contribution in [3.05, 3.63) is 65.9 Å². The van der Waals surface area contributed by atoms with Gasteiger partial charge < -0.3 is 20.1 Å². The summed E-state index contributed by atoms with van der Waals surface area (Å²) < 4.78 is 10.9. The third kappa shape index (κ3) is 5.47. The number of carbonyl (C=O) groups excluding carboxylic acids is 2. The Hall–Kier alpha value is -3.49. The summed E-state index contributed by atoms with van der Waals surface area (Å²) in [6.45, 7) is 4.88. The molecule has 0 aliphatic carbocycles. The quantitative estimate of drug-likeness (QED) is 0.564. The minimum atomic E-state index is -0.711. The molecule has 33 heavy (non-hydrogen) atoms. The predicted molar refractivity (Wildman–Crippen MR) is 126 cm³/mol. The summed E-state index contributed by atoms with van der Waals surface area (Å²) in [7, 11) is 1.62. The fourth-order valence-electron chi connectivity index (χ4n) is 4.06. The van der Waals surface area contributed by atoms with Crippen LogP contribution in [0.15, 0.2) is 54.6 Å². The van der Waals surface area contributed by atoms with E-state index in [1.165, 1.54) is 0 Å². The van der Waals surface area contributed by atoms with E-state index in [1.54, 1.807) is 13.2 Å². The average molecular weight is 449 g/mol. The fourth-order valence-corrected chi connectivity index (χ4v) is 4.06. The molecule has 3 aromatic rings. The van der Waals surface area contributed by atoms with Gasteiger partial charge in [0.05, 0.1) is 37.6 Å². The molecule has 1 atom stereocenters. The van der Waals surface area contributed by atoms with Gasteiger partial charge in [0.1, 0.15) is 5.75 Å². The number of morpholine rings is 1. The van der Waals surface area contributed by atoms with Gasteiger partial charge in [-0.1, -0.05) is 30.3 Å². The molecule has 1 saturated heterocycles. The Morgan fingerprint density at radius 2 is 1.88 bits per heavy atom. The number of aromatic nitrogens is 1. The van der Waals surface area contributed by atoms with Crippen molar-refractivity contribution in [3.8, 4) is 5.75 Å². The Labute approximate surface area is 192 Å². The van der Waals surface area contributed by atoms with E-state index in [1.807, 2.05) is 55.5 Å². The van der Waals surface area contributed by atoms with Crippen LogP contribution in [0.1, 0.15) is 17.3 Å². The highest BCUT2D eigenvalue weighted by molar-refractivity contribution is 6.40. The molecule has 0 unspecified atom stereocenters. The van der Waals surface area contributed by atoms with Crippen LogP contribution < -0.4 is 15.4 Å². The van der Waals surface area contributed by atoms with E-state index in [0.717, 1.165) is 41.0 Å². The van der Waals surface area contributed by atoms with Crippen LogP contribution in [0, 0.1) is 6.92 Å². The van der Waals surface area contributed by atoms with Gasteiger partial charge in [-0.25, -0.2) is 0 Å². The van der Waals surface area contributed by atoms with Crippen LogP contribution in [0.5, 0.6) is 5.75 Å². The van der Waals surface area contributed by atoms with Gasteiger partial charge in [0.25, 0.3) is 0 Å². The lowest BCUT2D eigenvalue weighted by atomic mass is 10.0. The smallest absolute Gasteiger partial charge is 0.313 e. The van der Waals surface area contributed by atoms with Crippen LogP contribution in [-0.4, -0.2) is 61.7 Å². The Kier molecular flexibility index (Phi) is 7.16. The standard InChI is InChI=1S/C25H28N4O4/c1-17-14-22(20-8-3-4-9-21(20)27-17)28-25(31)24(30)26-16-23(29-10-12-33-13-11-29)18-6-5-7-19(15-18)32-2/h3-9,14-15,23H,10-13,16H2,1-2H3,(H,26,30)(H,27,28,31)/t23-/m0/s1. The minimum Gasteiger partial charge on any atom is -0.497 e. The second-order valence-corrected chi connectivity index (χ2v) is 7.93. The van der Waals surface area contributed by atoms with Gasteiger partial charge in [-0.2, -0.15) is 0 Å². The average Bonchev–Trinajstić information content (AvgIpc) is 2.84. The molecule has 4 rings (SSSR count). The zero-order valence-corrected chi connectivity index (χ0v) is 18.8. The zero-order chi connectivity index (χ0) is 23.2. The largest absolute Gasteiger partial charge is 0.497 e. The number of nitrogens with one attached hydrogen (secondary N) is 2. The van der Waals surface area contributed by atoms with Crippen molar-refractivity contribution in [3.63, 3.8) is 0 Å². The number of carbonyl (C=O) groups is 2. The Morgan fingerprint density at radius 3 is 2.67 bits per heavy atom. The number of amides is 2. The molecule has 0 radical (unpaired) electrons. The van der Waals surface area contributed by atoms with Crippen LogP contribution >= 0.6 is 0 Å². The number of aryl methyl sites for hydroxylation is 1. The fraction of sp³-hybridized carbons (Fsp3) is 0.320. The van der Waals surface area contributed by atoms with Crippen molar-refractivity contribution in [1.82, 2.24) is 15.2 Å². The molecule has 0 spiro atoms. The zero-order valence-electron chi connectivity index (χ0n) is 18.8. The minimum absolute atomic E-state index is 0.107. The third-order valence-corrected chi connectivity index (χ3v) is 5.72. The number of hydrogen-bond acceptors (Lipinski definition) is 6. The molecule has 2 heterocycles. The Balaban J connectivity index is 1.47. The lowest BCUT2D eigenvalue weighted by molar-refractivity contribution is -0.136. The molecule has 1 fully saturated rings. The molecule has 1 aromatic heterocycles. The number of hydrogen-bond donors (Lipinski definition) is 2. The number of pyridine rings is 1. The number of fused-ring (bicyclic) bond motifs is 1. The maximum atomic E-state index is 12.7. The molecule has 8 heteroatoms. The maximum Gasteiger partial charge on any atom is 0.313 e. The number of nitrogens with zero attached hydrogens (tertiary/aromatic N) is 2. The van der Waals surface area contributed by atoms with Gasteiger partial charge in [0.2, 0.25) is 0 Å². The van der Waals surface area contributed by atoms with Crippen LogP contribution in [-0.2, 0) is 14.3 Å². The predicted octanol–water partition coefficient (Wildman–Crippen LogP) is 2.68. The number of benzene rings is 2. The molecule has 0 saturated carbocycles. The molecule has 1 aliphatic heterocycles. The molecular weight excluding hydrogens is 420 g/mol. The molecule has 0 bridgehead atoms. The first-order valence-corrected chi connectivity index (χ1v) is 11.0. The van der Waals surface area contributed by atoms with Crippen molar-refractivity contribution in [2.75, 3.05) is 45.3 Å². The maximum absolute atomic E-state index is 12.7. The highest BCUT2D eigenvalue weighted by Gasteiger charge is 2.25. The van der Waals surface area contributed by atoms with Gasteiger partial charge in [0.15, 0.2) is 0 Å². The molecule has 172 valence electrons. The first kappa shape index (κ1) is 22.7. The molecule has 1 aliphatic rings. The lowest BCUT2D eigenvalue weighted by Gasteiger charge is -2.35. The van der Waals surface area contributed by atoms with E-state index in [2.05, 4.69) is 20.5 Å². The van der Waals surface area contributed by atoms with Crippen LogP contribution in [0.4, 0.5) is 5.69 Å². The number of para-hydroxylation sites is 1. The summed E-state index contributed by atoms with van der Waals surface area (Å²) in [4.78, 5) is 32.1. The molecule has 2 amide bonds. The SMILES string of the molecule is COc1cccc([C@H](CNC(=O)C(=O)Nc2cc(C)nc3ccccc23)N2CCOCC2)c1. The number of rotatable bonds is 6. The van der Waals surface area contributed by atoms with Gasteiger partial charge in [-0.05, 0) is 36.8 Å². The summed E-state index contributed by atoms with van der Waals surface area (Å²) in [5.41, 5.74) is 3.09. The van der Waals surface area contributed by atoms with Crippen molar-refractivity contribution >= 4 is 28.4 Å². The molecule has 8 nitrogen and oxygen atoms in total. The van der Waals surface area contributed by atoms with Crippen molar-refractivity contribution in [1.29, 1.82) is 0 Å². The van der Waals surface area contributed by atoms with E-state index in [0.29, 0.717) is 18.9 Å². The topological polar surface area (TPSA) is 92.8 Å². The Morgan fingerprint density at radius 1 is 1.09 bits per heavy atom. The third-order valence-electron chi connectivity index (χ3n) is 5.72.